The van der Waals surface area contributed by atoms with E-state index in [1.807, 2.05) is 20.8 Å². The van der Waals surface area contributed by atoms with Crippen molar-refractivity contribution in [2.45, 2.75) is 51.6 Å². The van der Waals surface area contributed by atoms with Crippen LogP contribution < -0.4 is 0 Å². The number of thiol groups is 1. The maximum absolute atomic E-state index is 11.9. The first-order valence-electron chi connectivity index (χ1n) is 6.73. The highest BCUT2D eigenvalue weighted by Gasteiger charge is 2.19. The molecule has 0 amide bonds. The molecule has 0 N–H and O–H groups in total. The van der Waals surface area contributed by atoms with Gasteiger partial charge in [-0.25, -0.2) is 4.79 Å². The molecule has 0 fully saturated rings. The first-order valence-corrected chi connectivity index (χ1v) is 7.17. The van der Waals surface area contributed by atoms with Crippen LogP contribution in [0.1, 0.15) is 50.5 Å². The van der Waals surface area contributed by atoms with Crippen molar-refractivity contribution in [1.29, 1.82) is 0 Å². The third-order valence-corrected chi connectivity index (χ3v) is 2.39. The van der Waals surface area contributed by atoms with Crippen LogP contribution in [0.5, 0.6) is 0 Å². The van der Waals surface area contributed by atoms with Crippen LogP contribution in [0.15, 0.2) is 24.3 Å². The molecule has 5 heteroatoms. The Hall–Kier alpha value is -1.49. The molecule has 0 bridgehead atoms. The Labute approximate surface area is 131 Å². The number of ether oxygens (including phenoxy) is 2. The summed E-state index contributed by atoms with van der Waals surface area (Å²) in [6, 6.07) is 6.71. The monoisotopic (exact) mass is 310 g/mol. The molecule has 0 spiro atoms. The van der Waals surface area contributed by atoms with Crippen molar-refractivity contribution in [2.75, 3.05) is 0 Å². The maximum atomic E-state index is 11.9. The maximum Gasteiger partial charge on any atom is 0.338 e. The van der Waals surface area contributed by atoms with Gasteiger partial charge in [0, 0.05) is 0 Å². The number of rotatable bonds is 4. The highest BCUT2D eigenvalue weighted by atomic mass is 32.1. The fourth-order valence-corrected chi connectivity index (χ4v) is 1.68. The molecule has 0 aliphatic heterocycles. The fraction of sp³-hybridized carbons (Fsp3) is 0.500. The highest BCUT2D eigenvalue weighted by molar-refractivity contribution is 7.81. The summed E-state index contributed by atoms with van der Waals surface area (Å²) < 4.78 is 10.4. The largest absolute Gasteiger partial charge is 0.456 e. The van der Waals surface area contributed by atoms with Crippen molar-refractivity contribution in [3.05, 3.63) is 35.4 Å². The van der Waals surface area contributed by atoms with Crippen molar-refractivity contribution in [3.63, 3.8) is 0 Å². The molecule has 0 unspecified atom stereocenters. The molecule has 0 aliphatic rings. The SMILES string of the molecule is CC(C)(C)OC(=O)c1ccc(CC(=O)OC(C)(C)S)cc1. The van der Waals surface area contributed by atoms with Crippen LogP contribution in [0.4, 0.5) is 0 Å². The van der Waals surface area contributed by atoms with E-state index in [1.165, 1.54) is 0 Å². The quantitative estimate of drug-likeness (QED) is 0.526. The van der Waals surface area contributed by atoms with Crippen molar-refractivity contribution in [1.82, 2.24) is 0 Å². The number of carbonyl (C=O) groups excluding carboxylic acids is 2. The summed E-state index contributed by atoms with van der Waals surface area (Å²) >= 11 is 4.14. The van der Waals surface area contributed by atoms with Gasteiger partial charge in [0.25, 0.3) is 0 Å². The molecule has 1 rings (SSSR count). The zero-order valence-electron chi connectivity index (χ0n) is 13.1. The zero-order chi connectivity index (χ0) is 16.3. The molecular formula is C16H22O4S. The molecule has 116 valence electrons. The van der Waals surface area contributed by atoms with Crippen LogP contribution >= 0.6 is 12.6 Å². The molecule has 0 aromatic heterocycles. The van der Waals surface area contributed by atoms with Gasteiger partial charge in [0.15, 0.2) is 0 Å². The van der Waals surface area contributed by atoms with E-state index in [0.29, 0.717) is 5.56 Å². The molecular weight excluding hydrogens is 288 g/mol. The normalized spacial score (nSPS) is 11.9. The van der Waals surface area contributed by atoms with Gasteiger partial charge in [-0.3, -0.25) is 4.79 Å². The van der Waals surface area contributed by atoms with Crippen molar-refractivity contribution in [3.8, 4) is 0 Å². The Kier molecular flexibility index (Phi) is 5.45. The van der Waals surface area contributed by atoms with E-state index in [2.05, 4.69) is 12.6 Å². The standard InChI is InChI=1S/C16H22O4S/c1-15(2,3)20-14(18)12-8-6-11(7-9-12)10-13(17)19-16(4,5)21/h6-9,21H,10H2,1-5H3. The Morgan fingerprint density at radius 1 is 1.00 bits per heavy atom. The van der Waals surface area contributed by atoms with Gasteiger partial charge in [0.2, 0.25) is 0 Å². The van der Waals surface area contributed by atoms with E-state index in [1.54, 1.807) is 38.1 Å². The first kappa shape index (κ1) is 17.6. The van der Waals surface area contributed by atoms with Crippen LogP contribution in [-0.2, 0) is 20.7 Å². The molecule has 4 nitrogen and oxygen atoms in total. The predicted octanol–water partition coefficient (Wildman–Crippen LogP) is 3.39. The fourth-order valence-electron chi connectivity index (χ4n) is 1.58. The second-order valence-electron chi connectivity index (χ2n) is 6.30. The third kappa shape index (κ3) is 7.18. The minimum Gasteiger partial charge on any atom is -0.456 e. The molecule has 1 aromatic rings. The van der Waals surface area contributed by atoms with Gasteiger partial charge in [-0.2, -0.15) is 0 Å². The minimum atomic E-state index is -0.798. The predicted molar refractivity (Wildman–Crippen MR) is 84.5 cm³/mol. The Morgan fingerprint density at radius 3 is 1.95 bits per heavy atom. The van der Waals surface area contributed by atoms with Crippen molar-refractivity contribution >= 4 is 24.6 Å². The third-order valence-electron chi connectivity index (χ3n) is 2.30. The molecule has 0 atom stereocenters. The van der Waals surface area contributed by atoms with Crippen molar-refractivity contribution < 1.29 is 19.1 Å². The van der Waals surface area contributed by atoms with Crippen LogP contribution in [0.2, 0.25) is 0 Å². The van der Waals surface area contributed by atoms with Crippen LogP contribution in [0, 0.1) is 0 Å². The van der Waals surface area contributed by atoms with E-state index in [9.17, 15) is 9.59 Å². The lowest BCUT2D eigenvalue weighted by Gasteiger charge is -2.19. The smallest absolute Gasteiger partial charge is 0.338 e. The Morgan fingerprint density at radius 2 is 1.52 bits per heavy atom. The van der Waals surface area contributed by atoms with E-state index in [0.717, 1.165) is 5.56 Å². The summed E-state index contributed by atoms with van der Waals surface area (Å²) in [5.41, 5.74) is 0.694. The lowest BCUT2D eigenvalue weighted by Crippen LogP contribution is -2.24. The number of hydrogen-bond acceptors (Lipinski definition) is 5. The van der Waals surface area contributed by atoms with Crippen LogP contribution in [0.3, 0.4) is 0 Å². The van der Waals surface area contributed by atoms with Crippen LogP contribution in [0.25, 0.3) is 0 Å². The topological polar surface area (TPSA) is 52.6 Å². The summed E-state index contributed by atoms with van der Waals surface area (Å²) in [5, 5.41) is 0. The molecule has 0 radical (unpaired) electrons. The van der Waals surface area contributed by atoms with E-state index in [-0.39, 0.29) is 18.4 Å². The second-order valence-corrected chi connectivity index (χ2v) is 7.37. The molecule has 1 aromatic carbocycles. The average molecular weight is 310 g/mol. The van der Waals surface area contributed by atoms with Gasteiger partial charge >= 0.3 is 11.9 Å². The number of benzene rings is 1. The summed E-state index contributed by atoms with van der Waals surface area (Å²) in [5.74, 6) is -0.742. The average Bonchev–Trinajstić information content (AvgIpc) is 2.24. The second kappa shape index (κ2) is 6.52. The lowest BCUT2D eigenvalue weighted by molar-refractivity contribution is -0.148. The molecule has 0 heterocycles. The molecule has 21 heavy (non-hydrogen) atoms. The van der Waals surface area contributed by atoms with E-state index < -0.39 is 10.5 Å². The number of hydrogen-bond donors (Lipinski definition) is 1. The molecule has 0 aliphatic carbocycles. The van der Waals surface area contributed by atoms with Gasteiger partial charge < -0.3 is 9.47 Å². The van der Waals surface area contributed by atoms with Gasteiger partial charge in [-0.1, -0.05) is 12.1 Å². The van der Waals surface area contributed by atoms with Crippen molar-refractivity contribution in [2.24, 2.45) is 0 Å². The Bertz CT molecular complexity index is 507. The van der Waals surface area contributed by atoms with Gasteiger partial charge in [-0.15, -0.1) is 12.6 Å². The highest BCUT2D eigenvalue weighted by Crippen LogP contribution is 2.16. The van der Waals surface area contributed by atoms with Crippen LogP contribution in [-0.4, -0.2) is 22.5 Å². The minimum absolute atomic E-state index is 0.137. The van der Waals surface area contributed by atoms with Gasteiger partial charge in [-0.05, 0) is 52.3 Å². The lowest BCUT2D eigenvalue weighted by atomic mass is 10.1. The van der Waals surface area contributed by atoms with Gasteiger partial charge in [0.1, 0.15) is 10.5 Å². The Balaban J connectivity index is 2.66. The summed E-state index contributed by atoms with van der Waals surface area (Å²) in [6.45, 7) is 8.83. The number of esters is 2. The molecule has 0 saturated carbocycles. The number of carbonyl (C=O) groups is 2. The van der Waals surface area contributed by atoms with E-state index >= 15 is 0 Å². The zero-order valence-corrected chi connectivity index (χ0v) is 14.0. The molecule has 0 saturated heterocycles. The first-order chi connectivity index (χ1) is 9.46. The summed E-state index contributed by atoms with van der Waals surface area (Å²) in [4.78, 5) is 22.7. The van der Waals surface area contributed by atoms with E-state index in [4.69, 9.17) is 9.47 Å². The summed E-state index contributed by atoms with van der Waals surface area (Å²) in [7, 11) is 0. The van der Waals surface area contributed by atoms with Gasteiger partial charge in [0.05, 0.1) is 12.0 Å². The summed E-state index contributed by atoms with van der Waals surface area (Å²) in [6.07, 6.45) is 0.137.